The van der Waals surface area contributed by atoms with Crippen LogP contribution in [0.4, 0.5) is 5.69 Å². The molecule has 2 aromatic heterocycles. The highest BCUT2D eigenvalue weighted by molar-refractivity contribution is 6.01. The number of rotatable bonds is 7. The lowest BCUT2D eigenvalue weighted by Gasteiger charge is -2.34. The first-order valence-corrected chi connectivity index (χ1v) is 13.5. The molecule has 10 nitrogen and oxygen atoms in total. The van der Waals surface area contributed by atoms with Crippen LogP contribution in [0.2, 0.25) is 0 Å². The van der Waals surface area contributed by atoms with Gasteiger partial charge in [-0.1, -0.05) is 36.6 Å². The Bertz CT molecular complexity index is 1490. The van der Waals surface area contributed by atoms with Gasteiger partial charge in [-0.2, -0.15) is 0 Å². The third-order valence-electron chi connectivity index (χ3n) is 7.50. The predicted molar refractivity (Wildman–Crippen MR) is 146 cm³/mol. The maximum atomic E-state index is 14.2. The third-order valence-corrected chi connectivity index (χ3v) is 7.50. The molecule has 202 valence electrons. The van der Waals surface area contributed by atoms with Gasteiger partial charge < -0.3 is 19.4 Å². The Kier molecular flexibility index (Phi) is 6.91. The number of amides is 2. The van der Waals surface area contributed by atoms with Crippen LogP contribution in [0, 0.1) is 0 Å². The van der Waals surface area contributed by atoms with Crippen LogP contribution in [0.15, 0.2) is 60.8 Å². The van der Waals surface area contributed by atoms with Crippen LogP contribution in [-0.2, 0) is 23.2 Å². The number of hydrogen-bond donors (Lipinski definition) is 1. The second kappa shape index (κ2) is 10.8. The van der Waals surface area contributed by atoms with Crippen LogP contribution in [0.1, 0.15) is 43.8 Å². The van der Waals surface area contributed by atoms with E-state index in [1.807, 2.05) is 54.2 Å². The standard InChI is InChI=1S/C29H32N6O4/c1-33-15-7-12-24(33)28(29(37)30-20-8-3-2-4-9-20)35(21-13-14-25-26(18-21)39-17-16-38-25)27(36)19-34-23-11-6-5-10-22(23)31-32-34/h5-7,10-15,18,20,28H,2-4,8-9,16-17,19H2,1H3,(H,30,37)/t28-/m0/s1. The summed E-state index contributed by atoms with van der Waals surface area (Å²) in [4.78, 5) is 29.9. The summed E-state index contributed by atoms with van der Waals surface area (Å²) in [5, 5.41) is 11.7. The molecule has 39 heavy (non-hydrogen) atoms. The number of carbonyl (C=O) groups excluding carboxylic acids is 2. The summed E-state index contributed by atoms with van der Waals surface area (Å²) in [6.45, 7) is 0.787. The molecule has 0 bridgehead atoms. The van der Waals surface area contributed by atoms with E-state index in [2.05, 4.69) is 15.6 Å². The van der Waals surface area contributed by atoms with Crippen molar-refractivity contribution >= 4 is 28.5 Å². The first-order valence-electron chi connectivity index (χ1n) is 13.5. The molecule has 10 heteroatoms. The molecule has 1 atom stereocenters. The van der Waals surface area contributed by atoms with Gasteiger partial charge in [0.15, 0.2) is 17.5 Å². The minimum atomic E-state index is -0.906. The molecule has 0 unspecified atom stereocenters. The smallest absolute Gasteiger partial charge is 0.249 e. The molecule has 1 fully saturated rings. The number of nitrogens with zero attached hydrogens (tertiary/aromatic N) is 5. The zero-order valence-corrected chi connectivity index (χ0v) is 22.0. The Morgan fingerprint density at radius 2 is 1.82 bits per heavy atom. The summed E-state index contributed by atoms with van der Waals surface area (Å²) < 4.78 is 15.0. The fourth-order valence-corrected chi connectivity index (χ4v) is 5.53. The van der Waals surface area contributed by atoms with Gasteiger partial charge >= 0.3 is 0 Å². The topological polar surface area (TPSA) is 104 Å². The van der Waals surface area contributed by atoms with Crippen molar-refractivity contribution in [1.29, 1.82) is 0 Å². The van der Waals surface area contributed by atoms with Crippen molar-refractivity contribution in [2.45, 2.75) is 50.7 Å². The monoisotopic (exact) mass is 528 g/mol. The Labute approximate surface area is 226 Å². The number of para-hydroxylation sites is 1. The molecule has 1 aliphatic heterocycles. The van der Waals surface area contributed by atoms with Crippen LogP contribution in [-0.4, -0.2) is 50.6 Å². The number of benzene rings is 2. The van der Waals surface area contributed by atoms with Crippen molar-refractivity contribution < 1.29 is 19.1 Å². The van der Waals surface area contributed by atoms with Crippen molar-refractivity contribution in [2.75, 3.05) is 18.1 Å². The Morgan fingerprint density at radius 1 is 1.03 bits per heavy atom. The zero-order chi connectivity index (χ0) is 26.8. The highest BCUT2D eigenvalue weighted by Gasteiger charge is 2.36. The van der Waals surface area contributed by atoms with Gasteiger partial charge in [0.05, 0.1) is 11.2 Å². The summed E-state index contributed by atoms with van der Waals surface area (Å²) in [6, 6.07) is 15.8. The summed E-state index contributed by atoms with van der Waals surface area (Å²) in [5.41, 5.74) is 2.69. The fourth-order valence-electron chi connectivity index (χ4n) is 5.53. The van der Waals surface area contributed by atoms with E-state index >= 15 is 0 Å². The van der Waals surface area contributed by atoms with Gasteiger partial charge in [0, 0.05) is 31.0 Å². The van der Waals surface area contributed by atoms with E-state index in [0.29, 0.717) is 41.6 Å². The summed E-state index contributed by atoms with van der Waals surface area (Å²) in [7, 11) is 1.88. The van der Waals surface area contributed by atoms with E-state index in [1.165, 1.54) is 6.42 Å². The second-order valence-corrected chi connectivity index (χ2v) is 10.1. The number of ether oxygens (including phenoxy) is 2. The number of aromatic nitrogens is 4. The van der Waals surface area contributed by atoms with E-state index in [-0.39, 0.29) is 24.4 Å². The lowest BCUT2D eigenvalue weighted by atomic mass is 9.95. The highest BCUT2D eigenvalue weighted by atomic mass is 16.6. The van der Waals surface area contributed by atoms with Gasteiger partial charge in [0.2, 0.25) is 11.8 Å². The molecule has 4 aromatic rings. The van der Waals surface area contributed by atoms with E-state index < -0.39 is 6.04 Å². The summed E-state index contributed by atoms with van der Waals surface area (Å²) in [6.07, 6.45) is 7.12. The number of fused-ring (bicyclic) bond motifs is 2. The van der Waals surface area contributed by atoms with E-state index in [4.69, 9.17) is 9.47 Å². The van der Waals surface area contributed by atoms with E-state index in [0.717, 1.165) is 31.2 Å². The molecular formula is C29H32N6O4. The average Bonchev–Trinajstić information content (AvgIpc) is 3.57. The Morgan fingerprint density at radius 3 is 2.62 bits per heavy atom. The molecule has 2 aliphatic rings. The maximum Gasteiger partial charge on any atom is 0.249 e. The highest BCUT2D eigenvalue weighted by Crippen LogP contribution is 2.37. The van der Waals surface area contributed by atoms with Gasteiger partial charge in [-0.05, 0) is 49.2 Å². The Hall–Kier alpha value is -4.34. The van der Waals surface area contributed by atoms with Crippen molar-refractivity contribution in [3.8, 4) is 11.5 Å². The number of nitrogens with one attached hydrogen (secondary N) is 1. The lowest BCUT2D eigenvalue weighted by Crippen LogP contribution is -2.48. The van der Waals surface area contributed by atoms with Gasteiger partial charge in [0.25, 0.3) is 0 Å². The molecule has 0 spiro atoms. The minimum Gasteiger partial charge on any atom is -0.486 e. The maximum absolute atomic E-state index is 14.2. The van der Waals surface area contributed by atoms with Gasteiger partial charge in [0.1, 0.15) is 25.3 Å². The lowest BCUT2D eigenvalue weighted by molar-refractivity contribution is -0.127. The van der Waals surface area contributed by atoms with Crippen LogP contribution < -0.4 is 19.7 Å². The van der Waals surface area contributed by atoms with Gasteiger partial charge in [-0.25, -0.2) is 4.68 Å². The first kappa shape index (κ1) is 25.0. The summed E-state index contributed by atoms with van der Waals surface area (Å²) >= 11 is 0. The molecule has 2 amide bonds. The minimum absolute atomic E-state index is 0.0884. The van der Waals surface area contributed by atoms with Crippen LogP contribution in [0.25, 0.3) is 11.0 Å². The number of carbonyl (C=O) groups is 2. The molecule has 1 aliphatic carbocycles. The van der Waals surface area contributed by atoms with E-state index in [9.17, 15) is 9.59 Å². The van der Waals surface area contributed by atoms with Gasteiger partial charge in [-0.3, -0.25) is 14.5 Å². The van der Waals surface area contributed by atoms with Crippen LogP contribution in [0.3, 0.4) is 0 Å². The second-order valence-electron chi connectivity index (χ2n) is 10.1. The normalized spacial score (nSPS) is 16.1. The molecule has 0 radical (unpaired) electrons. The molecule has 3 heterocycles. The van der Waals surface area contributed by atoms with Gasteiger partial charge in [-0.15, -0.1) is 5.10 Å². The zero-order valence-electron chi connectivity index (χ0n) is 22.0. The molecule has 1 saturated carbocycles. The third kappa shape index (κ3) is 5.06. The average molecular weight is 529 g/mol. The number of hydrogen-bond acceptors (Lipinski definition) is 6. The largest absolute Gasteiger partial charge is 0.486 e. The first-order chi connectivity index (χ1) is 19.1. The Balaban J connectivity index is 1.42. The quantitative estimate of drug-likeness (QED) is 0.392. The van der Waals surface area contributed by atoms with Crippen LogP contribution in [0.5, 0.6) is 11.5 Å². The van der Waals surface area contributed by atoms with Crippen LogP contribution >= 0.6 is 0 Å². The van der Waals surface area contributed by atoms with Crippen molar-refractivity contribution in [2.24, 2.45) is 7.05 Å². The molecule has 2 aromatic carbocycles. The fraction of sp³-hybridized carbons (Fsp3) is 0.379. The summed E-state index contributed by atoms with van der Waals surface area (Å²) in [5.74, 6) is 0.644. The predicted octanol–water partition coefficient (Wildman–Crippen LogP) is 3.76. The number of aryl methyl sites for hydroxylation is 1. The molecule has 6 rings (SSSR count). The van der Waals surface area contributed by atoms with Crippen molar-refractivity contribution in [3.05, 3.63) is 66.5 Å². The van der Waals surface area contributed by atoms with Crippen molar-refractivity contribution in [3.63, 3.8) is 0 Å². The van der Waals surface area contributed by atoms with Crippen molar-refractivity contribution in [1.82, 2.24) is 24.9 Å². The molecule has 1 N–H and O–H groups in total. The number of anilines is 1. The molecule has 0 saturated heterocycles. The molecular weight excluding hydrogens is 496 g/mol. The SMILES string of the molecule is Cn1cccc1[C@@H](C(=O)NC1CCCCC1)N(C(=O)Cn1nnc2ccccc21)c1ccc2c(c1)OCCO2. The van der Waals surface area contributed by atoms with E-state index in [1.54, 1.807) is 27.8 Å².